The molecule has 2 aromatic rings. The van der Waals surface area contributed by atoms with Gasteiger partial charge in [0.1, 0.15) is 5.69 Å². The quantitative estimate of drug-likeness (QED) is 0.648. The van der Waals surface area contributed by atoms with Gasteiger partial charge in [0.25, 0.3) is 5.82 Å². The summed E-state index contributed by atoms with van der Waals surface area (Å²) in [4.78, 5) is 0. The zero-order valence-electron chi connectivity index (χ0n) is 7.22. The van der Waals surface area contributed by atoms with Crippen molar-refractivity contribution in [2.24, 2.45) is 0 Å². The van der Waals surface area contributed by atoms with E-state index in [-0.39, 0.29) is 0 Å². The Morgan fingerprint density at radius 1 is 0.846 bits per heavy atom. The SMILES string of the molecule is Nc1cccc[n+]1-c1ccccc1. The zero-order valence-corrected chi connectivity index (χ0v) is 7.22. The molecule has 0 spiro atoms. The fraction of sp³-hybridized carbons (Fsp3) is 0. The first-order valence-corrected chi connectivity index (χ1v) is 4.19. The first-order valence-electron chi connectivity index (χ1n) is 4.19. The molecule has 2 nitrogen and oxygen atoms in total. The van der Waals surface area contributed by atoms with Crippen molar-refractivity contribution in [3.05, 3.63) is 54.7 Å². The Hall–Kier alpha value is -1.83. The maximum absolute atomic E-state index is 5.82. The van der Waals surface area contributed by atoms with E-state index in [4.69, 9.17) is 5.73 Å². The number of nitrogens with two attached hydrogens (primary N) is 1. The number of nitrogen functional groups attached to an aromatic ring is 1. The molecule has 0 aliphatic heterocycles. The van der Waals surface area contributed by atoms with Crippen molar-refractivity contribution < 1.29 is 4.57 Å². The van der Waals surface area contributed by atoms with Gasteiger partial charge in [-0.3, -0.25) is 5.73 Å². The first-order chi connectivity index (χ1) is 6.38. The minimum atomic E-state index is 0.744. The van der Waals surface area contributed by atoms with Gasteiger partial charge in [0, 0.05) is 6.07 Å². The van der Waals surface area contributed by atoms with Crippen LogP contribution >= 0.6 is 0 Å². The molecule has 0 aliphatic rings. The van der Waals surface area contributed by atoms with E-state index in [2.05, 4.69) is 0 Å². The number of aromatic nitrogens is 1. The molecule has 0 unspecified atom stereocenters. The molecule has 0 fully saturated rings. The van der Waals surface area contributed by atoms with E-state index in [1.807, 2.05) is 59.3 Å². The minimum absolute atomic E-state index is 0.744. The number of benzene rings is 1. The number of anilines is 1. The summed E-state index contributed by atoms with van der Waals surface area (Å²) < 4.78 is 1.94. The molecular formula is C11H11N2+. The molecule has 0 aliphatic carbocycles. The van der Waals surface area contributed by atoms with Crippen LogP contribution in [0.15, 0.2) is 54.7 Å². The molecule has 2 heteroatoms. The maximum Gasteiger partial charge on any atom is 0.277 e. The van der Waals surface area contributed by atoms with Crippen LogP contribution in [-0.4, -0.2) is 0 Å². The summed E-state index contributed by atoms with van der Waals surface area (Å²) >= 11 is 0. The molecule has 0 amide bonds. The summed E-state index contributed by atoms with van der Waals surface area (Å²) in [6.45, 7) is 0. The van der Waals surface area contributed by atoms with E-state index < -0.39 is 0 Å². The lowest BCUT2D eigenvalue weighted by Crippen LogP contribution is -2.33. The molecule has 0 radical (unpaired) electrons. The molecule has 1 aromatic heterocycles. The van der Waals surface area contributed by atoms with Gasteiger partial charge in [-0.05, 0) is 18.2 Å². The lowest BCUT2D eigenvalue weighted by atomic mass is 10.3. The van der Waals surface area contributed by atoms with Crippen molar-refractivity contribution >= 4 is 5.82 Å². The molecule has 64 valence electrons. The summed E-state index contributed by atoms with van der Waals surface area (Å²) in [7, 11) is 0. The molecule has 2 N–H and O–H groups in total. The summed E-state index contributed by atoms with van der Waals surface area (Å²) in [5.74, 6) is 0.744. The summed E-state index contributed by atoms with van der Waals surface area (Å²) in [5.41, 5.74) is 6.90. The monoisotopic (exact) mass is 171 g/mol. The van der Waals surface area contributed by atoms with Crippen LogP contribution in [0, 0.1) is 0 Å². The highest BCUT2D eigenvalue weighted by atomic mass is 15.0. The number of hydrogen-bond acceptors (Lipinski definition) is 1. The Balaban J connectivity index is 2.54. The molecule has 2 rings (SSSR count). The van der Waals surface area contributed by atoms with Crippen molar-refractivity contribution in [3.63, 3.8) is 0 Å². The molecular weight excluding hydrogens is 160 g/mol. The predicted molar refractivity (Wildman–Crippen MR) is 52.4 cm³/mol. The lowest BCUT2D eigenvalue weighted by molar-refractivity contribution is -0.580. The largest absolute Gasteiger partial charge is 0.287 e. The van der Waals surface area contributed by atoms with Crippen LogP contribution in [-0.2, 0) is 0 Å². The smallest absolute Gasteiger partial charge is 0.277 e. The van der Waals surface area contributed by atoms with Gasteiger partial charge in [-0.2, -0.15) is 0 Å². The van der Waals surface area contributed by atoms with Crippen LogP contribution in [0.25, 0.3) is 5.69 Å². The molecule has 0 atom stereocenters. The third-order valence-corrected chi connectivity index (χ3v) is 1.93. The van der Waals surface area contributed by atoms with Crippen LogP contribution < -0.4 is 10.3 Å². The van der Waals surface area contributed by atoms with Crippen LogP contribution in [0.3, 0.4) is 0 Å². The maximum atomic E-state index is 5.82. The number of hydrogen-bond donors (Lipinski definition) is 1. The molecule has 1 heterocycles. The van der Waals surface area contributed by atoms with E-state index in [0.717, 1.165) is 11.5 Å². The Morgan fingerprint density at radius 2 is 1.54 bits per heavy atom. The molecule has 0 saturated heterocycles. The van der Waals surface area contributed by atoms with Gasteiger partial charge in [0.15, 0.2) is 0 Å². The molecule has 1 aromatic carbocycles. The highest BCUT2D eigenvalue weighted by Crippen LogP contribution is 2.01. The average molecular weight is 171 g/mol. The zero-order chi connectivity index (χ0) is 9.10. The highest BCUT2D eigenvalue weighted by molar-refractivity contribution is 5.27. The van der Waals surface area contributed by atoms with Crippen LogP contribution in [0.2, 0.25) is 0 Å². The number of rotatable bonds is 1. The first kappa shape index (κ1) is 7.80. The average Bonchev–Trinajstić information content (AvgIpc) is 2.20. The summed E-state index contributed by atoms with van der Waals surface area (Å²) in [6, 6.07) is 15.8. The second-order valence-electron chi connectivity index (χ2n) is 2.83. The minimum Gasteiger partial charge on any atom is -0.287 e. The molecule has 13 heavy (non-hydrogen) atoms. The van der Waals surface area contributed by atoms with Crippen LogP contribution in [0.5, 0.6) is 0 Å². The number of pyridine rings is 1. The van der Waals surface area contributed by atoms with Crippen molar-refractivity contribution in [3.8, 4) is 5.69 Å². The van der Waals surface area contributed by atoms with Crippen molar-refractivity contribution in [2.45, 2.75) is 0 Å². The lowest BCUT2D eigenvalue weighted by Gasteiger charge is -2.00. The second kappa shape index (κ2) is 3.27. The summed E-state index contributed by atoms with van der Waals surface area (Å²) in [5, 5.41) is 0. The van der Waals surface area contributed by atoms with E-state index in [0.29, 0.717) is 0 Å². The second-order valence-corrected chi connectivity index (χ2v) is 2.83. The normalized spacial score (nSPS) is 9.85. The van der Waals surface area contributed by atoms with E-state index in [9.17, 15) is 0 Å². The third kappa shape index (κ3) is 1.51. The Bertz CT molecular complexity index is 396. The Kier molecular flexibility index (Phi) is 1.96. The van der Waals surface area contributed by atoms with Gasteiger partial charge in [0.05, 0.1) is 6.20 Å². The Morgan fingerprint density at radius 3 is 2.23 bits per heavy atom. The van der Waals surface area contributed by atoms with Gasteiger partial charge < -0.3 is 0 Å². The Labute approximate surface area is 77.3 Å². The van der Waals surface area contributed by atoms with Crippen LogP contribution in [0.4, 0.5) is 5.82 Å². The van der Waals surface area contributed by atoms with Gasteiger partial charge >= 0.3 is 0 Å². The number of para-hydroxylation sites is 1. The summed E-state index contributed by atoms with van der Waals surface area (Å²) in [6.07, 6.45) is 1.95. The van der Waals surface area contributed by atoms with E-state index >= 15 is 0 Å². The third-order valence-electron chi connectivity index (χ3n) is 1.93. The van der Waals surface area contributed by atoms with Crippen molar-refractivity contribution in [1.82, 2.24) is 0 Å². The van der Waals surface area contributed by atoms with Gasteiger partial charge in [-0.25, -0.2) is 4.57 Å². The van der Waals surface area contributed by atoms with Gasteiger partial charge in [0.2, 0.25) is 0 Å². The van der Waals surface area contributed by atoms with Crippen molar-refractivity contribution in [2.75, 3.05) is 5.73 Å². The van der Waals surface area contributed by atoms with Crippen LogP contribution in [0.1, 0.15) is 0 Å². The van der Waals surface area contributed by atoms with Crippen molar-refractivity contribution in [1.29, 1.82) is 0 Å². The van der Waals surface area contributed by atoms with E-state index in [1.54, 1.807) is 0 Å². The fourth-order valence-electron chi connectivity index (χ4n) is 1.28. The molecule has 0 bridgehead atoms. The predicted octanol–water partition coefficient (Wildman–Crippen LogP) is 1.55. The molecule has 0 saturated carbocycles. The fourth-order valence-corrected chi connectivity index (χ4v) is 1.28. The number of nitrogens with zero attached hydrogens (tertiary/aromatic N) is 1. The van der Waals surface area contributed by atoms with Gasteiger partial charge in [-0.15, -0.1) is 0 Å². The highest BCUT2D eigenvalue weighted by Gasteiger charge is 2.03. The standard InChI is InChI=1S/C11H10N2/c12-11-8-4-5-9-13(11)10-6-2-1-3-7-10/h1-9,12H/p+1. The van der Waals surface area contributed by atoms with Gasteiger partial charge in [-0.1, -0.05) is 24.3 Å². The topological polar surface area (TPSA) is 29.9 Å². The van der Waals surface area contributed by atoms with E-state index in [1.165, 1.54) is 0 Å².